The number of fused-ring (bicyclic) bond motifs is 3. The molecule has 2 atom stereocenters. The first-order valence-corrected chi connectivity index (χ1v) is 7.99. The topological polar surface area (TPSA) is 78.1 Å². The molecular formula is C15H20N6O2. The summed E-state index contributed by atoms with van der Waals surface area (Å²) in [4.78, 5) is 14.4. The van der Waals surface area contributed by atoms with Crippen LogP contribution in [0.5, 0.6) is 0 Å². The fourth-order valence-electron chi connectivity index (χ4n) is 3.40. The van der Waals surface area contributed by atoms with E-state index in [0.29, 0.717) is 26.1 Å². The van der Waals surface area contributed by atoms with Gasteiger partial charge < -0.3 is 9.64 Å². The van der Waals surface area contributed by atoms with Crippen molar-refractivity contribution in [1.82, 2.24) is 29.7 Å². The predicted molar refractivity (Wildman–Crippen MR) is 80.4 cm³/mol. The second-order valence-corrected chi connectivity index (χ2v) is 6.16. The van der Waals surface area contributed by atoms with Crippen LogP contribution in [0.25, 0.3) is 0 Å². The predicted octanol–water partition coefficient (Wildman–Crippen LogP) is 0.546. The average molecular weight is 316 g/mol. The van der Waals surface area contributed by atoms with Gasteiger partial charge in [-0.2, -0.15) is 5.10 Å². The second kappa shape index (κ2) is 5.77. The van der Waals surface area contributed by atoms with Gasteiger partial charge in [0.1, 0.15) is 0 Å². The highest BCUT2D eigenvalue weighted by molar-refractivity contribution is 5.76. The standard InChI is InChI=1S/C15H20N6O2/c1-11-2-5-17-20(11)7-4-15(22)19-6-3-14-13(9-19)21-12(10-23-14)8-16-18-21/h2,5,8,13-14H,3-4,6-7,9-10H2,1H3. The molecule has 8 nitrogen and oxygen atoms in total. The Bertz CT molecular complexity index is 708. The van der Waals surface area contributed by atoms with Crippen LogP contribution in [0.4, 0.5) is 0 Å². The van der Waals surface area contributed by atoms with Crippen molar-refractivity contribution in [1.29, 1.82) is 0 Å². The van der Waals surface area contributed by atoms with Gasteiger partial charge in [-0.1, -0.05) is 5.21 Å². The van der Waals surface area contributed by atoms with Crippen LogP contribution in [0.1, 0.15) is 30.3 Å². The maximum atomic E-state index is 12.5. The third-order valence-corrected chi connectivity index (χ3v) is 4.75. The Balaban J connectivity index is 1.41. The summed E-state index contributed by atoms with van der Waals surface area (Å²) < 4.78 is 9.66. The molecule has 4 heterocycles. The zero-order valence-electron chi connectivity index (χ0n) is 13.1. The Labute approximate surface area is 134 Å². The molecule has 2 aromatic rings. The van der Waals surface area contributed by atoms with Crippen molar-refractivity contribution in [3.05, 3.63) is 29.8 Å². The molecule has 1 fully saturated rings. The summed E-state index contributed by atoms with van der Waals surface area (Å²) in [5.41, 5.74) is 2.05. The molecule has 0 aliphatic carbocycles. The molecule has 1 saturated heterocycles. The van der Waals surface area contributed by atoms with Gasteiger partial charge in [-0.05, 0) is 19.4 Å². The maximum absolute atomic E-state index is 12.5. The first-order chi connectivity index (χ1) is 11.2. The fraction of sp³-hybridized carbons (Fsp3) is 0.600. The lowest BCUT2D eigenvalue weighted by Gasteiger charge is -2.41. The van der Waals surface area contributed by atoms with Crippen LogP contribution in [0.2, 0.25) is 0 Å². The number of rotatable bonds is 3. The van der Waals surface area contributed by atoms with Gasteiger partial charge in [0.2, 0.25) is 5.91 Å². The lowest BCUT2D eigenvalue weighted by molar-refractivity contribution is -0.138. The molecule has 2 aliphatic heterocycles. The van der Waals surface area contributed by atoms with E-state index in [1.165, 1.54) is 0 Å². The van der Waals surface area contributed by atoms with Crippen molar-refractivity contribution in [3.63, 3.8) is 0 Å². The Morgan fingerprint density at radius 3 is 3.22 bits per heavy atom. The van der Waals surface area contributed by atoms with Gasteiger partial charge in [0.25, 0.3) is 0 Å². The molecule has 2 unspecified atom stereocenters. The van der Waals surface area contributed by atoms with E-state index >= 15 is 0 Å². The molecule has 0 saturated carbocycles. The van der Waals surface area contributed by atoms with E-state index in [4.69, 9.17) is 4.74 Å². The summed E-state index contributed by atoms with van der Waals surface area (Å²) in [7, 11) is 0. The van der Waals surface area contributed by atoms with E-state index in [1.54, 1.807) is 12.4 Å². The smallest absolute Gasteiger partial charge is 0.224 e. The lowest BCUT2D eigenvalue weighted by atomic mass is 10.00. The number of nitrogens with zero attached hydrogens (tertiary/aromatic N) is 6. The molecule has 4 rings (SSSR count). The molecule has 8 heteroatoms. The average Bonchev–Trinajstić information content (AvgIpc) is 3.20. The molecular weight excluding hydrogens is 296 g/mol. The van der Waals surface area contributed by atoms with Crippen molar-refractivity contribution in [2.45, 2.75) is 45.1 Å². The van der Waals surface area contributed by atoms with Crippen molar-refractivity contribution in [2.24, 2.45) is 0 Å². The van der Waals surface area contributed by atoms with Gasteiger partial charge >= 0.3 is 0 Å². The third kappa shape index (κ3) is 2.63. The quantitative estimate of drug-likeness (QED) is 0.826. The zero-order chi connectivity index (χ0) is 15.8. The van der Waals surface area contributed by atoms with E-state index in [1.807, 2.05) is 27.3 Å². The Kier molecular flexibility index (Phi) is 3.60. The van der Waals surface area contributed by atoms with Gasteiger partial charge in [-0.15, -0.1) is 5.10 Å². The van der Waals surface area contributed by atoms with E-state index in [2.05, 4.69) is 15.4 Å². The Morgan fingerprint density at radius 2 is 2.39 bits per heavy atom. The number of aromatic nitrogens is 5. The summed E-state index contributed by atoms with van der Waals surface area (Å²) in [5, 5.41) is 12.4. The monoisotopic (exact) mass is 316 g/mol. The molecule has 122 valence electrons. The number of hydrogen-bond acceptors (Lipinski definition) is 5. The number of carbonyl (C=O) groups is 1. The number of likely N-dealkylation sites (tertiary alicyclic amines) is 1. The van der Waals surface area contributed by atoms with Crippen molar-refractivity contribution in [3.8, 4) is 0 Å². The minimum Gasteiger partial charge on any atom is -0.370 e. The molecule has 0 spiro atoms. The van der Waals surface area contributed by atoms with E-state index < -0.39 is 0 Å². The highest BCUT2D eigenvalue weighted by atomic mass is 16.5. The third-order valence-electron chi connectivity index (χ3n) is 4.75. The molecule has 0 aromatic carbocycles. The summed E-state index contributed by atoms with van der Waals surface area (Å²) in [5.74, 6) is 0.158. The fourth-order valence-corrected chi connectivity index (χ4v) is 3.40. The molecule has 23 heavy (non-hydrogen) atoms. The van der Waals surface area contributed by atoms with Crippen LogP contribution in [-0.4, -0.2) is 54.8 Å². The van der Waals surface area contributed by atoms with Gasteiger partial charge in [-0.25, -0.2) is 4.68 Å². The maximum Gasteiger partial charge on any atom is 0.224 e. The molecule has 0 bridgehead atoms. The Hall–Kier alpha value is -2.22. The Morgan fingerprint density at radius 1 is 1.48 bits per heavy atom. The van der Waals surface area contributed by atoms with Gasteiger partial charge in [0, 0.05) is 37.9 Å². The summed E-state index contributed by atoms with van der Waals surface area (Å²) in [6.07, 6.45) is 4.93. The molecule has 0 N–H and O–H groups in total. The van der Waals surface area contributed by atoms with Gasteiger partial charge in [0.05, 0.1) is 30.6 Å². The molecule has 1 amide bonds. The summed E-state index contributed by atoms with van der Waals surface area (Å²) >= 11 is 0. The van der Waals surface area contributed by atoms with Gasteiger partial charge in [0.15, 0.2) is 0 Å². The van der Waals surface area contributed by atoms with Crippen molar-refractivity contribution < 1.29 is 9.53 Å². The molecule has 2 aliphatic rings. The molecule has 0 radical (unpaired) electrons. The minimum atomic E-state index is 0.0744. The first kappa shape index (κ1) is 14.4. The van der Waals surface area contributed by atoms with Crippen LogP contribution in [0.15, 0.2) is 18.5 Å². The number of aryl methyl sites for hydroxylation is 2. The highest BCUT2D eigenvalue weighted by Crippen LogP contribution is 2.30. The first-order valence-electron chi connectivity index (χ1n) is 7.99. The number of ether oxygens (including phenoxy) is 1. The van der Waals surface area contributed by atoms with Crippen molar-refractivity contribution >= 4 is 5.91 Å². The van der Waals surface area contributed by atoms with E-state index in [-0.39, 0.29) is 18.1 Å². The van der Waals surface area contributed by atoms with Crippen LogP contribution < -0.4 is 0 Å². The normalized spacial score (nSPS) is 23.4. The number of carbonyl (C=O) groups excluding carboxylic acids is 1. The molecule has 2 aromatic heterocycles. The highest BCUT2D eigenvalue weighted by Gasteiger charge is 2.37. The zero-order valence-corrected chi connectivity index (χ0v) is 13.1. The second-order valence-electron chi connectivity index (χ2n) is 6.16. The van der Waals surface area contributed by atoms with Crippen LogP contribution in [0, 0.1) is 6.92 Å². The van der Waals surface area contributed by atoms with E-state index in [9.17, 15) is 4.79 Å². The number of hydrogen-bond donors (Lipinski definition) is 0. The van der Waals surface area contributed by atoms with Gasteiger partial charge in [-0.3, -0.25) is 9.48 Å². The number of piperidine rings is 1. The van der Waals surface area contributed by atoms with E-state index in [0.717, 1.165) is 24.4 Å². The van der Waals surface area contributed by atoms with Crippen LogP contribution in [0.3, 0.4) is 0 Å². The summed E-state index contributed by atoms with van der Waals surface area (Å²) in [6.45, 7) is 4.54. The largest absolute Gasteiger partial charge is 0.370 e. The van der Waals surface area contributed by atoms with Crippen molar-refractivity contribution in [2.75, 3.05) is 13.1 Å². The number of amides is 1. The summed E-state index contributed by atoms with van der Waals surface area (Å²) in [6, 6.07) is 2.02. The minimum absolute atomic E-state index is 0.0744. The van der Waals surface area contributed by atoms with Crippen LogP contribution >= 0.6 is 0 Å². The lowest BCUT2D eigenvalue weighted by Crippen LogP contribution is -2.50. The SMILES string of the molecule is Cc1ccnn1CCC(=O)N1CCC2OCc3cnnn3C2C1. The van der Waals surface area contributed by atoms with Crippen LogP contribution in [-0.2, 0) is 22.7 Å².